The largest absolute Gasteiger partial charge is 0.136 e. The van der Waals surface area contributed by atoms with Crippen molar-refractivity contribution in [3.63, 3.8) is 0 Å². The van der Waals surface area contributed by atoms with Gasteiger partial charge in [0.05, 0.1) is 0 Å². The molecular weight excluding hydrogens is 464 g/mol. The second kappa shape index (κ2) is 8.30. The molecule has 37 heavy (non-hydrogen) atoms. The van der Waals surface area contributed by atoms with Crippen LogP contribution in [0.5, 0.6) is 0 Å². The Morgan fingerprint density at radius 1 is 0.730 bits per heavy atom. The summed E-state index contributed by atoms with van der Waals surface area (Å²) in [6, 6.07) is 20.8. The van der Waals surface area contributed by atoms with Crippen molar-refractivity contribution < 1.29 is 0 Å². The zero-order chi connectivity index (χ0) is 24.3. The van der Waals surface area contributed by atoms with E-state index in [1.807, 2.05) is 11.3 Å². The van der Waals surface area contributed by atoms with E-state index in [0.29, 0.717) is 11.8 Å². The fourth-order valence-electron chi connectivity index (χ4n) is 6.53. The molecule has 1 heterocycles. The van der Waals surface area contributed by atoms with Crippen molar-refractivity contribution >= 4 is 43.8 Å². The van der Waals surface area contributed by atoms with Gasteiger partial charge in [0, 0.05) is 21.4 Å². The first-order valence-corrected chi connectivity index (χ1v) is 14.1. The molecule has 3 aromatic carbocycles. The van der Waals surface area contributed by atoms with E-state index in [0.717, 1.165) is 12.8 Å². The minimum Gasteiger partial charge on any atom is -0.136 e. The second-order valence-electron chi connectivity index (χ2n) is 10.4. The molecule has 1 aromatic heterocycles. The molecule has 0 bridgehead atoms. The zero-order valence-electron chi connectivity index (χ0n) is 20.5. The monoisotopic (exact) mass is 490 g/mol. The van der Waals surface area contributed by atoms with Gasteiger partial charge in [-0.25, -0.2) is 0 Å². The van der Waals surface area contributed by atoms with Gasteiger partial charge < -0.3 is 0 Å². The quantitative estimate of drug-likeness (QED) is 0.262. The first-order valence-electron chi connectivity index (χ1n) is 13.2. The third-order valence-corrected chi connectivity index (χ3v) is 9.48. The first kappa shape index (κ1) is 21.2. The molecule has 8 rings (SSSR count). The minimum absolute atomic E-state index is 0.380. The van der Waals surface area contributed by atoms with E-state index in [4.69, 9.17) is 0 Å². The van der Waals surface area contributed by atoms with Crippen LogP contribution in [0.4, 0.5) is 0 Å². The fourth-order valence-corrected chi connectivity index (χ4v) is 7.75. The van der Waals surface area contributed by atoms with Crippen molar-refractivity contribution in [3.05, 3.63) is 143 Å². The number of thiophene rings is 1. The molecule has 2 atom stereocenters. The van der Waals surface area contributed by atoms with Crippen LogP contribution in [0.25, 0.3) is 43.6 Å². The Balaban J connectivity index is 1.35. The number of aryl methyl sites for hydroxylation is 1. The van der Waals surface area contributed by atoms with Gasteiger partial charge >= 0.3 is 0 Å². The number of rotatable bonds is 2. The van der Waals surface area contributed by atoms with Crippen molar-refractivity contribution in [1.82, 2.24) is 0 Å². The van der Waals surface area contributed by atoms with Gasteiger partial charge in [0.1, 0.15) is 0 Å². The van der Waals surface area contributed by atoms with Crippen molar-refractivity contribution in [2.24, 2.45) is 11.8 Å². The molecule has 0 fully saturated rings. The topological polar surface area (TPSA) is 0 Å². The van der Waals surface area contributed by atoms with Crippen LogP contribution in [-0.2, 0) is 6.42 Å². The number of allylic oxidation sites excluding steroid dienone is 13. The molecule has 0 nitrogen and oxygen atoms in total. The maximum atomic E-state index is 2.44. The van der Waals surface area contributed by atoms with Crippen LogP contribution < -0.4 is 0 Å². The molecule has 4 aliphatic rings. The van der Waals surface area contributed by atoms with Crippen LogP contribution in [0.1, 0.15) is 22.4 Å². The third-order valence-electron chi connectivity index (χ3n) is 8.32. The molecule has 0 saturated carbocycles. The van der Waals surface area contributed by atoms with E-state index in [-0.39, 0.29) is 0 Å². The molecule has 1 heteroatoms. The van der Waals surface area contributed by atoms with Crippen molar-refractivity contribution in [2.75, 3.05) is 0 Å². The van der Waals surface area contributed by atoms with Crippen LogP contribution in [0, 0.1) is 11.8 Å². The summed E-state index contributed by atoms with van der Waals surface area (Å²) in [5, 5.41) is 4.04. The van der Waals surface area contributed by atoms with Gasteiger partial charge in [-0.05, 0) is 92.2 Å². The van der Waals surface area contributed by atoms with Gasteiger partial charge in [-0.2, -0.15) is 0 Å². The van der Waals surface area contributed by atoms with E-state index in [9.17, 15) is 0 Å². The molecule has 0 radical (unpaired) electrons. The standard InChI is InChI=1S/C36H26S/c1-4-12-28-24(9-1)19-26(23-17-18-32-31-15-7-8-16-35(31)37-36(32)22-23)21-33(28)34-20-25-10-2-3-11-27(25)29-13-5-6-14-30(29)34/h1-6,8-14,16-22,27,29H,7,15H2. The number of benzene rings is 3. The summed E-state index contributed by atoms with van der Waals surface area (Å²) in [5.41, 5.74) is 9.62. The maximum Gasteiger partial charge on any atom is 0.0358 e. The van der Waals surface area contributed by atoms with Crippen LogP contribution in [-0.4, -0.2) is 0 Å². The Hall–Kier alpha value is -3.94. The average Bonchev–Trinajstić information content (AvgIpc) is 3.34. The third kappa shape index (κ3) is 3.35. The molecule has 176 valence electrons. The van der Waals surface area contributed by atoms with Gasteiger partial charge in [-0.15, -0.1) is 11.3 Å². The van der Waals surface area contributed by atoms with Gasteiger partial charge in [-0.3, -0.25) is 0 Å². The summed E-state index contributed by atoms with van der Waals surface area (Å²) < 4.78 is 1.40. The Morgan fingerprint density at radius 2 is 1.62 bits per heavy atom. The highest BCUT2D eigenvalue weighted by molar-refractivity contribution is 7.20. The van der Waals surface area contributed by atoms with Crippen LogP contribution in [0.3, 0.4) is 0 Å². The fraction of sp³-hybridized carbons (Fsp3) is 0.111. The summed E-state index contributed by atoms with van der Waals surface area (Å²) >= 11 is 1.94. The van der Waals surface area contributed by atoms with E-state index in [1.165, 1.54) is 64.7 Å². The number of hydrogen-bond acceptors (Lipinski definition) is 1. The van der Waals surface area contributed by atoms with Gasteiger partial charge in [-0.1, -0.05) is 97.2 Å². The molecular formula is C36H26S. The number of fused-ring (bicyclic) bond motifs is 7. The molecule has 2 unspecified atom stereocenters. The highest BCUT2D eigenvalue weighted by atomic mass is 32.1. The molecule has 4 aliphatic carbocycles. The lowest BCUT2D eigenvalue weighted by molar-refractivity contribution is 0.618. The average molecular weight is 491 g/mol. The maximum absolute atomic E-state index is 2.44. The summed E-state index contributed by atoms with van der Waals surface area (Å²) in [6.07, 6.45) is 27.5. The zero-order valence-corrected chi connectivity index (χ0v) is 21.3. The van der Waals surface area contributed by atoms with Crippen LogP contribution in [0.2, 0.25) is 0 Å². The summed E-state index contributed by atoms with van der Waals surface area (Å²) in [7, 11) is 0. The lowest BCUT2D eigenvalue weighted by Crippen LogP contribution is -2.21. The predicted octanol–water partition coefficient (Wildman–Crippen LogP) is 9.86. The van der Waals surface area contributed by atoms with Crippen LogP contribution >= 0.6 is 11.3 Å². The Bertz CT molecular complexity index is 1830. The predicted molar refractivity (Wildman–Crippen MR) is 161 cm³/mol. The Kier molecular flexibility index (Phi) is 4.75. The van der Waals surface area contributed by atoms with Gasteiger partial charge in [0.2, 0.25) is 0 Å². The van der Waals surface area contributed by atoms with E-state index in [1.54, 1.807) is 0 Å². The summed E-state index contributed by atoms with van der Waals surface area (Å²) in [6.45, 7) is 0. The molecule has 0 saturated heterocycles. The SMILES string of the molecule is C1=CC2=CC(c3cc(-c4ccc5c6c(sc5c4)C=CCC6)cc4ccccc34)=C3C=CC=CC3C2C=C1. The van der Waals surface area contributed by atoms with E-state index in [2.05, 4.69) is 121 Å². The smallest absolute Gasteiger partial charge is 0.0358 e. The second-order valence-corrected chi connectivity index (χ2v) is 11.5. The lowest BCUT2D eigenvalue weighted by atomic mass is 9.70. The molecule has 0 N–H and O–H groups in total. The highest BCUT2D eigenvalue weighted by Crippen LogP contribution is 2.46. The Morgan fingerprint density at radius 3 is 2.59 bits per heavy atom. The van der Waals surface area contributed by atoms with Gasteiger partial charge in [0.25, 0.3) is 0 Å². The van der Waals surface area contributed by atoms with Crippen LogP contribution in [0.15, 0.2) is 127 Å². The molecule has 4 aromatic rings. The van der Waals surface area contributed by atoms with Gasteiger partial charge in [0.15, 0.2) is 0 Å². The molecule has 0 amide bonds. The Labute approximate surface area is 221 Å². The van der Waals surface area contributed by atoms with Crippen molar-refractivity contribution in [1.29, 1.82) is 0 Å². The minimum atomic E-state index is 0.380. The summed E-state index contributed by atoms with van der Waals surface area (Å²) in [4.78, 5) is 1.44. The lowest BCUT2D eigenvalue weighted by Gasteiger charge is -2.33. The normalized spacial score (nSPS) is 21.4. The molecule has 0 aliphatic heterocycles. The van der Waals surface area contributed by atoms with E-state index < -0.39 is 0 Å². The highest BCUT2D eigenvalue weighted by Gasteiger charge is 2.31. The van der Waals surface area contributed by atoms with E-state index >= 15 is 0 Å². The summed E-state index contributed by atoms with van der Waals surface area (Å²) in [5.74, 6) is 0.797. The number of hydrogen-bond donors (Lipinski definition) is 0. The first-order chi connectivity index (χ1) is 18.3. The van der Waals surface area contributed by atoms with Crippen molar-refractivity contribution in [3.8, 4) is 11.1 Å². The molecule has 0 spiro atoms. The van der Waals surface area contributed by atoms with Crippen molar-refractivity contribution in [2.45, 2.75) is 12.8 Å².